The number of H-pyrrole nitrogens is 2. The number of rotatable bonds is 3. The molecule has 3 rings (SSSR count). The van der Waals surface area contributed by atoms with E-state index in [1.54, 1.807) is 12.4 Å². The summed E-state index contributed by atoms with van der Waals surface area (Å²) in [5.41, 5.74) is 1.84. The van der Waals surface area contributed by atoms with E-state index in [-0.39, 0.29) is 11.9 Å². The number of nitrogens with zero attached hydrogens (tertiary/aromatic N) is 2. The standard InChI is InChI=1S/C13H13N5O/c1-8(16-13(19)12-14-6-7-15-12)11-17-9-4-2-3-5-10(9)18-11/h2-8H,1H3,(H,14,15)(H,16,19)(H,17,18). The summed E-state index contributed by atoms with van der Waals surface area (Å²) in [4.78, 5) is 26.2. The maximum atomic E-state index is 11.9. The van der Waals surface area contributed by atoms with Crippen LogP contribution in [0.2, 0.25) is 0 Å². The number of aromatic nitrogens is 4. The Labute approximate surface area is 109 Å². The van der Waals surface area contributed by atoms with E-state index in [1.165, 1.54) is 0 Å². The molecule has 1 unspecified atom stereocenters. The van der Waals surface area contributed by atoms with Crippen LogP contribution >= 0.6 is 0 Å². The van der Waals surface area contributed by atoms with E-state index in [0.29, 0.717) is 5.82 Å². The van der Waals surface area contributed by atoms with Crippen LogP contribution in [0.25, 0.3) is 11.0 Å². The molecular weight excluding hydrogens is 242 g/mol. The second-order valence-corrected chi connectivity index (χ2v) is 4.27. The van der Waals surface area contributed by atoms with Crippen LogP contribution in [0.4, 0.5) is 0 Å². The molecule has 3 N–H and O–H groups in total. The largest absolute Gasteiger partial charge is 0.341 e. The normalized spacial score (nSPS) is 12.5. The third-order valence-electron chi connectivity index (χ3n) is 2.88. The highest BCUT2D eigenvalue weighted by atomic mass is 16.2. The second kappa shape index (κ2) is 4.56. The zero-order valence-electron chi connectivity index (χ0n) is 10.3. The fraction of sp³-hybridized carbons (Fsp3) is 0.154. The lowest BCUT2D eigenvalue weighted by molar-refractivity contribution is 0.0929. The molecule has 0 spiro atoms. The smallest absolute Gasteiger partial charge is 0.287 e. The van der Waals surface area contributed by atoms with Crippen LogP contribution in [0.5, 0.6) is 0 Å². The fourth-order valence-corrected chi connectivity index (χ4v) is 1.90. The van der Waals surface area contributed by atoms with Crippen LogP contribution < -0.4 is 5.32 Å². The van der Waals surface area contributed by atoms with Gasteiger partial charge in [0, 0.05) is 12.4 Å². The zero-order valence-corrected chi connectivity index (χ0v) is 10.3. The molecule has 96 valence electrons. The topological polar surface area (TPSA) is 86.5 Å². The maximum Gasteiger partial charge on any atom is 0.287 e. The summed E-state index contributed by atoms with van der Waals surface area (Å²) in [6.45, 7) is 1.87. The molecule has 2 heterocycles. The van der Waals surface area contributed by atoms with Crippen molar-refractivity contribution < 1.29 is 4.79 Å². The first-order chi connectivity index (χ1) is 9.24. The van der Waals surface area contributed by atoms with Crippen molar-refractivity contribution in [3.05, 3.63) is 48.3 Å². The van der Waals surface area contributed by atoms with E-state index in [4.69, 9.17) is 0 Å². The van der Waals surface area contributed by atoms with Crippen LogP contribution in [0.3, 0.4) is 0 Å². The fourth-order valence-electron chi connectivity index (χ4n) is 1.90. The number of hydrogen-bond acceptors (Lipinski definition) is 3. The summed E-state index contributed by atoms with van der Waals surface area (Å²) >= 11 is 0. The Morgan fingerprint density at radius 2 is 2.21 bits per heavy atom. The molecule has 1 aromatic carbocycles. The van der Waals surface area contributed by atoms with Crippen LogP contribution in [-0.2, 0) is 0 Å². The van der Waals surface area contributed by atoms with Gasteiger partial charge in [-0.3, -0.25) is 4.79 Å². The minimum atomic E-state index is -0.252. The summed E-state index contributed by atoms with van der Waals surface area (Å²) in [5.74, 6) is 0.766. The Morgan fingerprint density at radius 3 is 2.95 bits per heavy atom. The summed E-state index contributed by atoms with van der Waals surface area (Å²) < 4.78 is 0. The molecule has 0 saturated heterocycles. The maximum absolute atomic E-state index is 11.9. The van der Waals surface area contributed by atoms with Crippen molar-refractivity contribution >= 4 is 16.9 Å². The number of carbonyl (C=O) groups is 1. The highest BCUT2D eigenvalue weighted by Crippen LogP contribution is 2.15. The minimum absolute atomic E-state index is 0.218. The molecule has 0 radical (unpaired) electrons. The van der Waals surface area contributed by atoms with Gasteiger partial charge in [0.2, 0.25) is 0 Å². The summed E-state index contributed by atoms with van der Waals surface area (Å²) in [6.07, 6.45) is 3.15. The predicted molar refractivity (Wildman–Crippen MR) is 70.6 cm³/mol. The molecule has 0 saturated carbocycles. The van der Waals surface area contributed by atoms with E-state index >= 15 is 0 Å². The first-order valence-electron chi connectivity index (χ1n) is 5.99. The van der Waals surface area contributed by atoms with Gasteiger partial charge in [-0.15, -0.1) is 0 Å². The first-order valence-corrected chi connectivity index (χ1v) is 5.99. The summed E-state index contributed by atoms with van der Waals surface area (Å²) in [7, 11) is 0. The van der Waals surface area contributed by atoms with E-state index in [1.807, 2.05) is 31.2 Å². The van der Waals surface area contributed by atoms with Gasteiger partial charge in [0.15, 0.2) is 5.82 Å². The molecule has 0 fully saturated rings. The van der Waals surface area contributed by atoms with E-state index in [2.05, 4.69) is 25.3 Å². The number of amides is 1. The van der Waals surface area contributed by atoms with Crippen LogP contribution in [0, 0.1) is 0 Å². The second-order valence-electron chi connectivity index (χ2n) is 4.27. The molecule has 3 aromatic rings. The van der Waals surface area contributed by atoms with E-state index in [9.17, 15) is 4.79 Å². The summed E-state index contributed by atoms with van der Waals surface area (Å²) in [5, 5.41) is 2.83. The van der Waals surface area contributed by atoms with Gasteiger partial charge < -0.3 is 15.3 Å². The average molecular weight is 255 g/mol. The average Bonchev–Trinajstić information content (AvgIpc) is 3.07. The number of fused-ring (bicyclic) bond motifs is 1. The molecule has 0 aliphatic rings. The van der Waals surface area contributed by atoms with E-state index < -0.39 is 0 Å². The van der Waals surface area contributed by atoms with Crippen molar-refractivity contribution in [2.45, 2.75) is 13.0 Å². The number of para-hydroxylation sites is 2. The third-order valence-corrected chi connectivity index (χ3v) is 2.88. The van der Waals surface area contributed by atoms with Gasteiger partial charge in [-0.05, 0) is 19.1 Å². The number of hydrogen-bond donors (Lipinski definition) is 3. The highest BCUT2D eigenvalue weighted by Gasteiger charge is 2.15. The Balaban J connectivity index is 1.80. The number of nitrogens with one attached hydrogen (secondary N) is 3. The van der Waals surface area contributed by atoms with Gasteiger partial charge in [-0.25, -0.2) is 9.97 Å². The van der Waals surface area contributed by atoms with Crippen molar-refractivity contribution in [1.82, 2.24) is 25.3 Å². The number of carbonyl (C=O) groups excluding carboxylic acids is 1. The molecule has 6 heteroatoms. The van der Waals surface area contributed by atoms with Crippen molar-refractivity contribution in [2.75, 3.05) is 0 Å². The SMILES string of the molecule is CC(NC(=O)c1ncc[nH]1)c1nc2ccccc2[nH]1. The Morgan fingerprint density at radius 1 is 1.37 bits per heavy atom. The molecule has 0 bridgehead atoms. The van der Waals surface area contributed by atoms with Crippen molar-refractivity contribution in [1.29, 1.82) is 0 Å². The molecule has 0 aliphatic heterocycles. The van der Waals surface area contributed by atoms with Crippen molar-refractivity contribution in [3.8, 4) is 0 Å². The predicted octanol–water partition coefficient (Wildman–Crippen LogP) is 1.78. The first kappa shape index (κ1) is 11.5. The minimum Gasteiger partial charge on any atom is -0.341 e. The van der Waals surface area contributed by atoms with Crippen molar-refractivity contribution in [3.63, 3.8) is 0 Å². The van der Waals surface area contributed by atoms with Crippen molar-refractivity contribution in [2.24, 2.45) is 0 Å². The number of imidazole rings is 2. The van der Waals surface area contributed by atoms with Gasteiger partial charge in [0.1, 0.15) is 5.82 Å². The quantitative estimate of drug-likeness (QED) is 0.666. The summed E-state index contributed by atoms with van der Waals surface area (Å²) in [6, 6.07) is 7.53. The monoisotopic (exact) mass is 255 g/mol. The van der Waals surface area contributed by atoms with Gasteiger partial charge in [0.25, 0.3) is 5.91 Å². The zero-order chi connectivity index (χ0) is 13.2. The molecule has 19 heavy (non-hydrogen) atoms. The van der Waals surface area contributed by atoms with Gasteiger partial charge in [-0.1, -0.05) is 12.1 Å². The lowest BCUT2D eigenvalue weighted by atomic mass is 10.3. The van der Waals surface area contributed by atoms with Gasteiger partial charge in [-0.2, -0.15) is 0 Å². The van der Waals surface area contributed by atoms with E-state index in [0.717, 1.165) is 16.9 Å². The third kappa shape index (κ3) is 2.20. The van der Waals surface area contributed by atoms with Crippen LogP contribution in [0.15, 0.2) is 36.7 Å². The van der Waals surface area contributed by atoms with Crippen LogP contribution in [-0.4, -0.2) is 25.8 Å². The molecular formula is C13H13N5O. The molecule has 0 aliphatic carbocycles. The lowest BCUT2D eigenvalue weighted by Gasteiger charge is -2.09. The highest BCUT2D eigenvalue weighted by molar-refractivity contribution is 5.90. The molecule has 2 aromatic heterocycles. The molecule has 1 amide bonds. The molecule has 1 atom stereocenters. The lowest BCUT2D eigenvalue weighted by Crippen LogP contribution is -2.28. The van der Waals surface area contributed by atoms with Crippen LogP contribution in [0.1, 0.15) is 29.4 Å². The Hall–Kier alpha value is -2.63. The number of aromatic amines is 2. The Kier molecular flexibility index (Phi) is 2.75. The number of benzene rings is 1. The molecule has 6 nitrogen and oxygen atoms in total. The van der Waals surface area contributed by atoms with Gasteiger partial charge in [0.05, 0.1) is 17.1 Å². The Bertz CT molecular complexity index is 668. The van der Waals surface area contributed by atoms with Gasteiger partial charge >= 0.3 is 0 Å².